The molecule has 2 rings (SSSR count). The molecule has 0 aliphatic carbocycles. The van der Waals surface area contributed by atoms with Gasteiger partial charge in [0.25, 0.3) is 0 Å². The lowest BCUT2D eigenvalue weighted by molar-refractivity contribution is 0.101. The van der Waals surface area contributed by atoms with Gasteiger partial charge in [-0.15, -0.1) is 0 Å². The third-order valence-corrected chi connectivity index (χ3v) is 2.63. The summed E-state index contributed by atoms with van der Waals surface area (Å²) < 4.78 is 0. The van der Waals surface area contributed by atoms with E-state index in [1.807, 2.05) is 37.3 Å². The molecular formula is C13H13NO. The van der Waals surface area contributed by atoms with Gasteiger partial charge in [-0.3, -0.25) is 4.79 Å². The Morgan fingerprint density at radius 2 is 1.80 bits per heavy atom. The Bertz CT molecular complexity index is 543. The highest BCUT2D eigenvalue weighted by Gasteiger charge is 2.10. The molecule has 0 aromatic heterocycles. The molecule has 0 saturated carbocycles. The number of carbonyl (C=O) groups excluding carboxylic acids is 1. The van der Waals surface area contributed by atoms with Crippen molar-refractivity contribution in [2.45, 2.75) is 13.8 Å². The van der Waals surface area contributed by atoms with Crippen LogP contribution in [0.25, 0.3) is 10.8 Å². The van der Waals surface area contributed by atoms with Crippen LogP contribution in [0, 0.1) is 6.92 Å². The van der Waals surface area contributed by atoms with Crippen LogP contribution in [-0.4, -0.2) is 5.78 Å². The Hall–Kier alpha value is -1.83. The predicted molar refractivity (Wildman–Crippen MR) is 63.1 cm³/mol. The minimum atomic E-state index is 0.0868. The highest BCUT2D eigenvalue weighted by Crippen LogP contribution is 2.27. The van der Waals surface area contributed by atoms with Gasteiger partial charge in [-0.1, -0.05) is 24.3 Å². The van der Waals surface area contributed by atoms with Crippen molar-refractivity contribution in [3.63, 3.8) is 0 Å². The smallest absolute Gasteiger partial charge is 0.160 e. The quantitative estimate of drug-likeness (QED) is 0.566. The van der Waals surface area contributed by atoms with Crippen molar-refractivity contribution in [1.82, 2.24) is 0 Å². The molecule has 2 nitrogen and oxygen atoms in total. The third kappa shape index (κ3) is 1.48. The standard InChI is InChI=1S/C13H13NO/c1-8-7-12(14)10-5-3-4-6-11(10)13(8)9(2)15/h3-7H,14H2,1-2H3. The maximum atomic E-state index is 11.6. The largest absolute Gasteiger partial charge is 0.398 e. The average Bonchev–Trinajstić information content (AvgIpc) is 2.17. The van der Waals surface area contributed by atoms with Crippen molar-refractivity contribution in [3.05, 3.63) is 41.5 Å². The minimum absolute atomic E-state index is 0.0868. The van der Waals surface area contributed by atoms with E-state index in [1.54, 1.807) is 6.92 Å². The molecule has 0 bridgehead atoms. The molecule has 0 heterocycles. The monoisotopic (exact) mass is 199 g/mol. The topological polar surface area (TPSA) is 43.1 Å². The molecule has 0 aliphatic rings. The molecule has 0 unspecified atom stereocenters. The van der Waals surface area contributed by atoms with E-state index in [0.29, 0.717) is 0 Å². The van der Waals surface area contributed by atoms with E-state index in [0.717, 1.165) is 27.6 Å². The molecule has 0 radical (unpaired) electrons. The molecule has 15 heavy (non-hydrogen) atoms. The van der Waals surface area contributed by atoms with Gasteiger partial charge in [-0.2, -0.15) is 0 Å². The summed E-state index contributed by atoms with van der Waals surface area (Å²) in [4.78, 5) is 11.6. The second kappa shape index (κ2) is 3.39. The first-order chi connectivity index (χ1) is 7.11. The number of rotatable bonds is 1. The first kappa shape index (κ1) is 9.71. The number of hydrogen-bond acceptors (Lipinski definition) is 2. The molecule has 0 aliphatic heterocycles. The van der Waals surface area contributed by atoms with Crippen molar-refractivity contribution in [2.24, 2.45) is 0 Å². The van der Waals surface area contributed by atoms with Crippen LogP contribution in [0.15, 0.2) is 30.3 Å². The maximum absolute atomic E-state index is 11.6. The first-order valence-electron chi connectivity index (χ1n) is 4.90. The molecule has 0 amide bonds. The second-order valence-electron chi connectivity index (χ2n) is 3.76. The van der Waals surface area contributed by atoms with Gasteiger partial charge >= 0.3 is 0 Å². The third-order valence-electron chi connectivity index (χ3n) is 2.63. The van der Waals surface area contributed by atoms with E-state index in [1.165, 1.54) is 0 Å². The first-order valence-corrected chi connectivity index (χ1v) is 4.90. The summed E-state index contributed by atoms with van der Waals surface area (Å²) in [5.74, 6) is 0.0868. The van der Waals surface area contributed by atoms with E-state index in [9.17, 15) is 4.79 Å². The average molecular weight is 199 g/mol. The van der Waals surface area contributed by atoms with E-state index < -0.39 is 0 Å². The number of nitrogen functional groups attached to an aromatic ring is 1. The molecule has 0 fully saturated rings. The van der Waals surface area contributed by atoms with Crippen LogP contribution in [0.5, 0.6) is 0 Å². The molecule has 0 saturated heterocycles. The number of benzene rings is 2. The molecule has 2 N–H and O–H groups in total. The van der Waals surface area contributed by atoms with E-state index >= 15 is 0 Å². The van der Waals surface area contributed by atoms with Gasteiger partial charge in [0, 0.05) is 16.6 Å². The van der Waals surface area contributed by atoms with Crippen molar-refractivity contribution in [3.8, 4) is 0 Å². The lowest BCUT2D eigenvalue weighted by Crippen LogP contribution is -2.00. The van der Waals surface area contributed by atoms with E-state index in [-0.39, 0.29) is 5.78 Å². The maximum Gasteiger partial charge on any atom is 0.160 e. The van der Waals surface area contributed by atoms with Crippen LogP contribution in [0.2, 0.25) is 0 Å². The summed E-state index contributed by atoms with van der Waals surface area (Å²) in [6, 6.07) is 9.59. The van der Waals surface area contributed by atoms with Crippen molar-refractivity contribution in [1.29, 1.82) is 0 Å². The van der Waals surface area contributed by atoms with Crippen LogP contribution in [0.4, 0.5) is 5.69 Å². The van der Waals surface area contributed by atoms with Crippen molar-refractivity contribution in [2.75, 3.05) is 5.73 Å². The molecule has 0 atom stereocenters. The number of carbonyl (C=O) groups is 1. The normalized spacial score (nSPS) is 10.5. The van der Waals surface area contributed by atoms with Crippen LogP contribution < -0.4 is 5.73 Å². The van der Waals surface area contributed by atoms with Gasteiger partial charge < -0.3 is 5.73 Å². The van der Waals surface area contributed by atoms with Crippen LogP contribution in [-0.2, 0) is 0 Å². The van der Waals surface area contributed by atoms with Crippen LogP contribution in [0.3, 0.4) is 0 Å². The Kier molecular flexibility index (Phi) is 2.19. The minimum Gasteiger partial charge on any atom is -0.398 e. The molecule has 76 valence electrons. The zero-order valence-electron chi connectivity index (χ0n) is 8.87. The van der Waals surface area contributed by atoms with Gasteiger partial charge in [-0.05, 0) is 30.9 Å². The summed E-state index contributed by atoms with van der Waals surface area (Å²) in [6.07, 6.45) is 0. The van der Waals surface area contributed by atoms with Gasteiger partial charge in [-0.25, -0.2) is 0 Å². The van der Waals surface area contributed by atoms with E-state index in [4.69, 9.17) is 5.73 Å². The van der Waals surface area contributed by atoms with Crippen molar-refractivity contribution >= 4 is 22.2 Å². The van der Waals surface area contributed by atoms with Gasteiger partial charge in [0.1, 0.15) is 0 Å². The summed E-state index contributed by atoms with van der Waals surface area (Å²) in [5.41, 5.74) is 8.37. The lowest BCUT2D eigenvalue weighted by atomic mass is 9.96. The second-order valence-corrected chi connectivity index (χ2v) is 3.76. The van der Waals surface area contributed by atoms with Crippen LogP contribution in [0.1, 0.15) is 22.8 Å². The lowest BCUT2D eigenvalue weighted by Gasteiger charge is -2.09. The molecular weight excluding hydrogens is 186 g/mol. The van der Waals surface area contributed by atoms with Gasteiger partial charge in [0.15, 0.2) is 5.78 Å². The highest BCUT2D eigenvalue weighted by atomic mass is 16.1. The Morgan fingerprint density at radius 3 is 2.40 bits per heavy atom. The predicted octanol–water partition coefficient (Wildman–Crippen LogP) is 2.93. The highest BCUT2D eigenvalue weighted by molar-refractivity contribution is 6.11. The molecule has 2 aromatic carbocycles. The van der Waals surface area contributed by atoms with Gasteiger partial charge in [0.05, 0.1) is 0 Å². The van der Waals surface area contributed by atoms with Gasteiger partial charge in [0.2, 0.25) is 0 Å². The summed E-state index contributed by atoms with van der Waals surface area (Å²) >= 11 is 0. The number of ketones is 1. The summed E-state index contributed by atoms with van der Waals surface area (Å²) in [7, 11) is 0. The van der Waals surface area contributed by atoms with Crippen LogP contribution >= 0.6 is 0 Å². The van der Waals surface area contributed by atoms with E-state index in [2.05, 4.69) is 0 Å². The fourth-order valence-electron chi connectivity index (χ4n) is 2.02. The zero-order valence-corrected chi connectivity index (χ0v) is 8.87. The fraction of sp³-hybridized carbons (Fsp3) is 0.154. The number of Topliss-reactive ketones (excluding diaryl/α,β-unsaturated/α-hetero) is 1. The SMILES string of the molecule is CC(=O)c1c(C)cc(N)c2ccccc12. The molecule has 0 spiro atoms. The Balaban J connectivity index is 2.96. The number of hydrogen-bond donors (Lipinski definition) is 1. The van der Waals surface area contributed by atoms with Crippen molar-refractivity contribution < 1.29 is 4.79 Å². The number of anilines is 1. The fourth-order valence-corrected chi connectivity index (χ4v) is 2.02. The summed E-state index contributed by atoms with van der Waals surface area (Å²) in [6.45, 7) is 3.50. The zero-order chi connectivity index (χ0) is 11.0. The Labute approximate surface area is 88.7 Å². The Morgan fingerprint density at radius 1 is 1.20 bits per heavy atom. The number of fused-ring (bicyclic) bond motifs is 1. The summed E-state index contributed by atoms with van der Waals surface area (Å²) in [5, 5.41) is 1.90. The number of aryl methyl sites for hydroxylation is 1. The number of nitrogens with two attached hydrogens (primary N) is 1. The molecule has 2 aromatic rings. The molecule has 2 heteroatoms.